The summed E-state index contributed by atoms with van der Waals surface area (Å²) in [6.07, 6.45) is 49.4. The Kier molecular flexibility index (Phi) is 42.1. The Labute approximate surface area is 427 Å². The summed E-state index contributed by atoms with van der Waals surface area (Å²) in [6.45, 7) is 5.58. The van der Waals surface area contributed by atoms with Gasteiger partial charge in [0.05, 0.1) is 6.61 Å². The van der Waals surface area contributed by atoms with Gasteiger partial charge >= 0.3 is 23.9 Å². The van der Waals surface area contributed by atoms with Crippen molar-refractivity contribution in [3.05, 3.63) is 109 Å². The molecule has 0 aromatic rings. The van der Waals surface area contributed by atoms with Crippen molar-refractivity contribution in [1.82, 2.24) is 0 Å². The number of rotatable bonds is 43. The van der Waals surface area contributed by atoms with Gasteiger partial charge in [0, 0.05) is 19.3 Å². The molecule has 0 saturated carbocycles. The van der Waals surface area contributed by atoms with E-state index in [0.29, 0.717) is 19.3 Å². The van der Waals surface area contributed by atoms with Gasteiger partial charge in [0.1, 0.15) is 18.8 Å². The molecular formula is C59H92O12. The molecule has 0 aliphatic carbocycles. The number of carbonyl (C=O) groups excluding carboxylic acids is 3. The van der Waals surface area contributed by atoms with E-state index in [1.165, 1.54) is 0 Å². The number of carboxylic acid groups (broad SMARTS) is 1. The lowest BCUT2D eigenvalue weighted by Gasteiger charge is -2.40. The molecule has 0 aromatic heterocycles. The minimum Gasteiger partial charge on any atom is -0.479 e. The fraction of sp³-hybridized carbons (Fsp3) is 0.627. The third-order valence-electron chi connectivity index (χ3n) is 11.3. The van der Waals surface area contributed by atoms with Gasteiger partial charge in [0.2, 0.25) is 0 Å². The highest BCUT2D eigenvalue weighted by atomic mass is 16.7. The molecular weight excluding hydrogens is 901 g/mol. The van der Waals surface area contributed by atoms with Crippen molar-refractivity contribution in [2.75, 3.05) is 13.2 Å². The molecule has 0 aromatic carbocycles. The molecule has 12 heteroatoms. The number of carbonyl (C=O) groups is 4. The number of ether oxygens (including phenoxy) is 5. The van der Waals surface area contributed by atoms with E-state index < -0.39 is 67.3 Å². The lowest BCUT2D eigenvalue weighted by molar-refractivity contribution is -0.301. The summed E-state index contributed by atoms with van der Waals surface area (Å²) < 4.78 is 28.2. The van der Waals surface area contributed by atoms with Gasteiger partial charge in [-0.25, -0.2) is 4.79 Å². The Morgan fingerprint density at radius 2 is 0.915 bits per heavy atom. The second kappa shape index (κ2) is 46.5. The van der Waals surface area contributed by atoms with Crippen molar-refractivity contribution in [2.24, 2.45) is 0 Å². The first kappa shape index (κ1) is 64.4. The molecule has 3 N–H and O–H groups in total. The summed E-state index contributed by atoms with van der Waals surface area (Å²) in [6, 6.07) is 0. The van der Waals surface area contributed by atoms with E-state index in [4.69, 9.17) is 23.7 Å². The summed E-state index contributed by atoms with van der Waals surface area (Å²) in [4.78, 5) is 50.9. The van der Waals surface area contributed by atoms with Crippen molar-refractivity contribution in [1.29, 1.82) is 0 Å². The first-order chi connectivity index (χ1) is 34.6. The van der Waals surface area contributed by atoms with Crippen LogP contribution in [0.4, 0.5) is 0 Å². The van der Waals surface area contributed by atoms with Crippen LogP contribution in [0.25, 0.3) is 0 Å². The van der Waals surface area contributed by atoms with Crippen LogP contribution in [0.15, 0.2) is 109 Å². The maximum absolute atomic E-state index is 13.1. The van der Waals surface area contributed by atoms with Crippen molar-refractivity contribution < 1.29 is 58.2 Å². The van der Waals surface area contributed by atoms with Gasteiger partial charge in [-0.1, -0.05) is 175 Å². The second-order valence-electron chi connectivity index (χ2n) is 17.7. The Balaban J connectivity index is 2.79. The monoisotopic (exact) mass is 993 g/mol. The van der Waals surface area contributed by atoms with Gasteiger partial charge in [0.25, 0.3) is 0 Å². The number of aliphatic hydroxyl groups excluding tert-OH is 2. The van der Waals surface area contributed by atoms with Crippen molar-refractivity contribution in [2.45, 2.75) is 225 Å². The van der Waals surface area contributed by atoms with E-state index in [0.717, 1.165) is 128 Å². The average Bonchev–Trinajstić information content (AvgIpc) is 3.35. The van der Waals surface area contributed by atoms with E-state index >= 15 is 0 Å². The number of hydrogen-bond acceptors (Lipinski definition) is 11. The highest BCUT2D eigenvalue weighted by Crippen LogP contribution is 2.26. The maximum Gasteiger partial charge on any atom is 0.335 e. The Hall–Kier alpha value is -4.62. The zero-order valence-corrected chi connectivity index (χ0v) is 43.7. The normalized spacial score (nSPS) is 19.4. The van der Waals surface area contributed by atoms with Crippen LogP contribution in [-0.4, -0.2) is 89.2 Å². The first-order valence-electron chi connectivity index (χ1n) is 26.9. The van der Waals surface area contributed by atoms with Crippen molar-refractivity contribution >= 4 is 23.9 Å². The van der Waals surface area contributed by atoms with Crippen molar-refractivity contribution in [3.8, 4) is 0 Å². The molecule has 1 heterocycles. The second-order valence-corrected chi connectivity index (χ2v) is 17.7. The minimum atomic E-state index is -1.92. The zero-order chi connectivity index (χ0) is 51.8. The summed E-state index contributed by atoms with van der Waals surface area (Å²) in [5.41, 5.74) is 0. The zero-order valence-electron chi connectivity index (χ0n) is 43.7. The Morgan fingerprint density at radius 3 is 1.41 bits per heavy atom. The van der Waals surface area contributed by atoms with Crippen LogP contribution in [0.5, 0.6) is 0 Å². The third kappa shape index (κ3) is 36.9. The van der Waals surface area contributed by atoms with Crippen LogP contribution in [-0.2, 0) is 42.9 Å². The van der Waals surface area contributed by atoms with Gasteiger partial charge in [-0.3, -0.25) is 14.4 Å². The van der Waals surface area contributed by atoms with Crippen LogP contribution in [0, 0.1) is 0 Å². The molecule has 1 aliphatic rings. The van der Waals surface area contributed by atoms with Crippen LogP contribution >= 0.6 is 0 Å². The maximum atomic E-state index is 13.1. The number of hydrogen-bond donors (Lipinski definition) is 3. The fourth-order valence-corrected chi connectivity index (χ4v) is 7.25. The molecule has 0 spiro atoms. The molecule has 1 rings (SSSR count). The molecule has 6 atom stereocenters. The largest absolute Gasteiger partial charge is 0.479 e. The highest BCUT2D eigenvalue weighted by Gasteiger charge is 2.50. The molecule has 0 amide bonds. The molecule has 0 radical (unpaired) electrons. The number of carboxylic acids is 1. The highest BCUT2D eigenvalue weighted by molar-refractivity contribution is 5.74. The molecule has 6 unspecified atom stereocenters. The quantitative estimate of drug-likeness (QED) is 0.0229. The van der Waals surface area contributed by atoms with E-state index in [2.05, 4.69) is 118 Å². The topological polar surface area (TPSA) is 175 Å². The fourth-order valence-electron chi connectivity index (χ4n) is 7.25. The van der Waals surface area contributed by atoms with E-state index in [1.807, 2.05) is 12.2 Å². The standard InChI is InChI=1S/C59H92O12/c1-4-7-10-13-16-19-22-25-26-29-32-35-38-41-44-47-53(62)70-57-55(64)54(63)56(58(65)66)71-59(57)68-49-50(69-52(61)46-43-40-37-34-31-28-24-21-18-15-12-9-6-3)48-67-51(60)45-42-39-36-33-30-27-23-20-17-14-11-8-5-2/h7-8,10-12,15-17,19-21,24-27,30,36,39,50,54-57,59,63-64H,4-6,9,13-14,18,22-23,28-29,31-35,37-38,40-49H2,1-3H3,(H,65,66)/b10-7-,11-8-,15-12-,19-16-,20-17-,24-21-,26-25-,30-27-,39-36-. The van der Waals surface area contributed by atoms with Crippen LogP contribution in [0.3, 0.4) is 0 Å². The first-order valence-corrected chi connectivity index (χ1v) is 26.9. The van der Waals surface area contributed by atoms with Crippen LogP contribution in [0.2, 0.25) is 0 Å². The summed E-state index contributed by atoms with van der Waals surface area (Å²) >= 11 is 0. The van der Waals surface area contributed by atoms with Crippen molar-refractivity contribution in [3.63, 3.8) is 0 Å². The lowest BCUT2D eigenvalue weighted by atomic mass is 9.98. The predicted octanol–water partition coefficient (Wildman–Crippen LogP) is 13.1. The van der Waals surface area contributed by atoms with Gasteiger partial charge < -0.3 is 39.0 Å². The van der Waals surface area contributed by atoms with Gasteiger partial charge in [-0.15, -0.1) is 0 Å². The number of allylic oxidation sites excluding steroid dienone is 18. The Morgan fingerprint density at radius 1 is 0.479 bits per heavy atom. The number of aliphatic hydroxyl groups is 2. The number of unbranched alkanes of at least 4 members (excludes halogenated alkanes) is 11. The van der Waals surface area contributed by atoms with Gasteiger partial charge in [0.15, 0.2) is 24.6 Å². The van der Waals surface area contributed by atoms with Crippen LogP contribution < -0.4 is 0 Å². The summed E-state index contributed by atoms with van der Waals surface area (Å²) in [5, 5.41) is 31.4. The number of esters is 3. The third-order valence-corrected chi connectivity index (χ3v) is 11.3. The van der Waals surface area contributed by atoms with Crippen LogP contribution in [0.1, 0.15) is 188 Å². The number of aliphatic carboxylic acids is 1. The molecule has 71 heavy (non-hydrogen) atoms. The van der Waals surface area contributed by atoms with Gasteiger partial charge in [-0.05, 0) is 103 Å². The lowest BCUT2D eigenvalue weighted by Crippen LogP contribution is -2.61. The molecule has 1 fully saturated rings. The smallest absolute Gasteiger partial charge is 0.335 e. The SMILES string of the molecule is CC/C=C\C/C=C\C/C=C\C/C=C\CCC(=O)OCC(COC1OC(C(=O)O)C(O)C(O)C1OC(=O)CCCCCCC/C=C\C/C=C\C/C=C\CC)OC(=O)CCCCCCC/C=C\C/C=C\CCC. The van der Waals surface area contributed by atoms with E-state index in [1.54, 1.807) is 0 Å². The minimum absolute atomic E-state index is 0.0270. The molecule has 12 nitrogen and oxygen atoms in total. The molecule has 1 saturated heterocycles. The molecule has 400 valence electrons. The predicted molar refractivity (Wildman–Crippen MR) is 284 cm³/mol. The molecule has 0 bridgehead atoms. The molecule has 1 aliphatic heterocycles. The summed E-state index contributed by atoms with van der Waals surface area (Å²) in [5.74, 6) is -3.29. The summed E-state index contributed by atoms with van der Waals surface area (Å²) in [7, 11) is 0. The van der Waals surface area contributed by atoms with E-state index in [9.17, 15) is 34.5 Å². The van der Waals surface area contributed by atoms with Gasteiger partial charge in [-0.2, -0.15) is 0 Å². The average molecular weight is 993 g/mol. The van der Waals surface area contributed by atoms with E-state index in [-0.39, 0.29) is 25.9 Å². The Bertz CT molecular complexity index is 1650.